The third-order valence-corrected chi connectivity index (χ3v) is 5.85. The van der Waals surface area contributed by atoms with Gasteiger partial charge in [0.1, 0.15) is 0 Å². The number of unbranched alkanes of at least 4 members (excludes halogenated alkanes) is 2. The second kappa shape index (κ2) is 6.05. The minimum Gasteiger partial charge on any atom is -0.202 e. The zero-order valence-electron chi connectivity index (χ0n) is 9.99. The van der Waals surface area contributed by atoms with E-state index < -0.39 is 47.7 Å². The van der Waals surface area contributed by atoms with E-state index in [-0.39, 0.29) is 6.42 Å². The quantitative estimate of drug-likeness (QED) is 0.543. The predicted molar refractivity (Wildman–Crippen MR) is 56.2 cm³/mol. The summed E-state index contributed by atoms with van der Waals surface area (Å²) in [4.78, 5) is 0. The van der Waals surface area contributed by atoms with Gasteiger partial charge in [-0.05, 0) is 6.42 Å². The van der Waals surface area contributed by atoms with Crippen LogP contribution in [-0.4, -0.2) is 38.1 Å². The van der Waals surface area contributed by atoms with Gasteiger partial charge >= 0.3 is 31.1 Å². The zero-order chi connectivity index (χ0) is 16.4. The van der Waals surface area contributed by atoms with Gasteiger partial charge in [-0.3, -0.25) is 0 Å². The maximum atomic E-state index is 12.2. The van der Waals surface area contributed by atoms with Gasteiger partial charge in [0.2, 0.25) is 0 Å². The summed E-state index contributed by atoms with van der Waals surface area (Å²) in [6.45, 7) is 0.123. The summed E-state index contributed by atoms with van der Waals surface area (Å²) in [6, 6.07) is 0. The van der Waals surface area contributed by atoms with E-state index in [9.17, 15) is 43.2 Å². The van der Waals surface area contributed by atoms with E-state index in [1.165, 1.54) is 0 Å². The van der Waals surface area contributed by atoms with Gasteiger partial charge in [0.05, 0.1) is 0 Å². The Hall–Kier alpha value is -0.560. The molecule has 0 aromatic carbocycles. The number of sulfonamides is 2. The van der Waals surface area contributed by atoms with Crippen LogP contribution >= 0.6 is 0 Å². The lowest BCUT2D eigenvalue weighted by atomic mass is 10.3. The maximum Gasteiger partial charge on any atom is 0.512 e. The molecule has 0 rings (SSSR count). The van der Waals surface area contributed by atoms with E-state index in [1.54, 1.807) is 6.92 Å². The molecule has 0 heterocycles. The third kappa shape index (κ3) is 3.97. The first kappa shape index (κ1) is 19.4. The summed E-state index contributed by atoms with van der Waals surface area (Å²) in [5, 5.41) is 0. The Morgan fingerprint density at radius 2 is 1.15 bits per heavy atom. The lowest BCUT2D eigenvalue weighted by Gasteiger charge is -2.23. The molecule has 0 bridgehead atoms. The fourth-order valence-corrected chi connectivity index (χ4v) is 3.83. The van der Waals surface area contributed by atoms with Crippen LogP contribution in [0.2, 0.25) is 0 Å². The third-order valence-electron chi connectivity index (χ3n) is 2.07. The molecule has 13 heteroatoms. The number of rotatable bonds is 6. The van der Waals surface area contributed by atoms with Crippen molar-refractivity contribution in [2.45, 2.75) is 37.2 Å². The van der Waals surface area contributed by atoms with E-state index in [0.717, 1.165) is 0 Å². The molecule has 0 N–H and O–H groups in total. The van der Waals surface area contributed by atoms with Gasteiger partial charge in [0.25, 0.3) is 0 Å². The molecule has 0 aliphatic carbocycles. The van der Waals surface area contributed by atoms with Crippen LogP contribution in [0.25, 0.3) is 0 Å². The van der Waals surface area contributed by atoms with E-state index in [0.29, 0.717) is 6.42 Å². The van der Waals surface area contributed by atoms with E-state index in [1.807, 2.05) is 0 Å². The Morgan fingerprint density at radius 3 is 1.40 bits per heavy atom. The van der Waals surface area contributed by atoms with Crippen molar-refractivity contribution in [2.75, 3.05) is 6.54 Å². The fourth-order valence-electron chi connectivity index (χ4n) is 1.09. The number of hydrogen-bond acceptors (Lipinski definition) is 4. The number of halogens is 6. The lowest BCUT2D eigenvalue weighted by molar-refractivity contribution is -0.0531. The summed E-state index contributed by atoms with van der Waals surface area (Å²) in [6.07, 6.45) is -0.0512. The average molecular weight is 351 g/mol. The van der Waals surface area contributed by atoms with Crippen LogP contribution in [0, 0.1) is 0 Å². The molecular weight excluding hydrogens is 340 g/mol. The molecule has 0 saturated carbocycles. The van der Waals surface area contributed by atoms with Crippen LogP contribution in [0.5, 0.6) is 0 Å². The molecule has 0 aromatic rings. The van der Waals surface area contributed by atoms with Crippen molar-refractivity contribution in [3.05, 3.63) is 0 Å². The smallest absolute Gasteiger partial charge is 0.202 e. The van der Waals surface area contributed by atoms with Gasteiger partial charge in [-0.25, -0.2) is 16.8 Å². The first-order chi connectivity index (χ1) is 8.69. The molecule has 0 aliphatic heterocycles. The van der Waals surface area contributed by atoms with Crippen molar-refractivity contribution in [1.82, 2.24) is 3.71 Å². The summed E-state index contributed by atoms with van der Waals surface area (Å²) in [5.41, 5.74) is -12.3. The SMILES string of the molecule is CCCCCN(S(=O)(=O)C(F)(F)F)S(=O)(=O)C(F)(F)F. The van der Waals surface area contributed by atoms with Gasteiger partial charge in [0, 0.05) is 6.54 Å². The predicted octanol–water partition coefficient (Wildman–Crippen LogP) is 2.18. The summed E-state index contributed by atoms with van der Waals surface area (Å²) < 4.78 is 116. The van der Waals surface area contributed by atoms with Crippen molar-refractivity contribution in [1.29, 1.82) is 0 Å². The fraction of sp³-hybridized carbons (Fsp3) is 1.00. The summed E-state index contributed by atoms with van der Waals surface area (Å²) in [7, 11) is -13.3. The Morgan fingerprint density at radius 1 is 0.800 bits per heavy atom. The highest BCUT2D eigenvalue weighted by Gasteiger charge is 2.61. The molecule has 5 nitrogen and oxygen atoms in total. The second-order valence-electron chi connectivity index (χ2n) is 3.61. The van der Waals surface area contributed by atoms with Crippen LogP contribution in [0.1, 0.15) is 26.2 Å². The van der Waals surface area contributed by atoms with Crippen molar-refractivity contribution in [3.63, 3.8) is 0 Å². The van der Waals surface area contributed by atoms with Gasteiger partial charge in [0.15, 0.2) is 0 Å². The topological polar surface area (TPSA) is 71.5 Å². The van der Waals surface area contributed by atoms with E-state index in [2.05, 4.69) is 0 Å². The molecule has 0 amide bonds. The van der Waals surface area contributed by atoms with Crippen LogP contribution in [0.15, 0.2) is 0 Å². The van der Waals surface area contributed by atoms with Gasteiger partial charge in [-0.15, -0.1) is 0 Å². The van der Waals surface area contributed by atoms with Crippen molar-refractivity contribution < 1.29 is 43.2 Å². The lowest BCUT2D eigenvalue weighted by Crippen LogP contribution is -2.49. The van der Waals surface area contributed by atoms with Crippen LogP contribution in [0.4, 0.5) is 26.3 Å². The minimum absolute atomic E-state index is 0.0667. The monoisotopic (exact) mass is 351 g/mol. The Labute approximate surface area is 111 Å². The van der Waals surface area contributed by atoms with Gasteiger partial charge in [-0.1, -0.05) is 23.5 Å². The number of hydrogen-bond donors (Lipinski definition) is 0. The molecule has 0 atom stereocenters. The van der Waals surface area contributed by atoms with Crippen molar-refractivity contribution >= 4 is 20.0 Å². The minimum atomic E-state index is -6.63. The molecule has 0 fully saturated rings. The Bertz CT molecular complexity index is 476. The second-order valence-corrected chi connectivity index (χ2v) is 7.54. The molecular formula is C7H11F6NO4S2. The van der Waals surface area contributed by atoms with Gasteiger partial charge < -0.3 is 0 Å². The number of alkyl halides is 6. The highest BCUT2D eigenvalue weighted by atomic mass is 32.3. The average Bonchev–Trinajstić information content (AvgIpc) is 2.20. The highest BCUT2D eigenvalue weighted by molar-refractivity contribution is 8.04. The standard InChI is InChI=1S/C7H11F6NO4S2/c1-2-3-4-5-14(19(15,16)6(8,9)10)20(17,18)7(11,12)13/h2-5H2,1H3. The van der Waals surface area contributed by atoms with Crippen LogP contribution in [0.3, 0.4) is 0 Å². The first-order valence-corrected chi connectivity index (χ1v) is 7.98. The number of nitrogens with zero attached hydrogens (tertiary/aromatic N) is 1. The Kier molecular flexibility index (Phi) is 5.88. The van der Waals surface area contributed by atoms with Crippen LogP contribution < -0.4 is 0 Å². The molecule has 0 saturated heterocycles. The molecule has 20 heavy (non-hydrogen) atoms. The first-order valence-electron chi connectivity index (χ1n) is 5.10. The molecule has 0 radical (unpaired) electrons. The van der Waals surface area contributed by atoms with Crippen molar-refractivity contribution in [3.8, 4) is 0 Å². The van der Waals surface area contributed by atoms with Crippen LogP contribution in [-0.2, 0) is 20.0 Å². The Balaban J connectivity index is 5.78. The zero-order valence-corrected chi connectivity index (χ0v) is 11.6. The molecule has 0 aromatic heterocycles. The maximum absolute atomic E-state index is 12.2. The molecule has 0 spiro atoms. The van der Waals surface area contributed by atoms with Gasteiger partial charge in [-0.2, -0.15) is 26.3 Å². The molecule has 0 unspecified atom stereocenters. The summed E-state index contributed by atoms with van der Waals surface area (Å²) in [5.74, 6) is 0. The van der Waals surface area contributed by atoms with E-state index >= 15 is 0 Å². The largest absolute Gasteiger partial charge is 0.512 e. The highest BCUT2D eigenvalue weighted by Crippen LogP contribution is 2.35. The normalized spacial score (nSPS) is 14.8. The molecule has 122 valence electrons. The van der Waals surface area contributed by atoms with Crippen molar-refractivity contribution in [2.24, 2.45) is 0 Å². The molecule has 0 aliphatic rings. The van der Waals surface area contributed by atoms with E-state index in [4.69, 9.17) is 0 Å². The summed E-state index contributed by atoms with van der Waals surface area (Å²) >= 11 is 0.